The Balaban J connectivity index is 1.83. The third kappa shape index (κ3) is 4.92. The second kappa shape index (κ2) is 8.27. The molecule has 2 N–H and O–H groups in total. The first-order chi connectivity index (χ1) is 10.2. The Hall–Kier alpha value is -1.23. The highest BCUT2D eigenvalue weighted by Gasteiger charge is 2.22. The summed E-state index contributed by atoms with van der Waals surface area (Å²) < 4.78 is 0. The van der Waals surface area contributed by atoms with Gasteiger partial charge in [0, 0.05) is 24.0 Å². The zero-order valence-electron chi connectivity index (χ0n) is 12.9. The van der Waals surface area contributed by atoms with Crippen LogP contribution < -0.4 is 10.6 Å². The highest BCUT2D eigenvalue weighted by molar-refractivity contribution is 7.99. The van der Waals surface area contributed by atoms with E-state index in [-0.39, 0.29) is 5.91 Å². The van der Waals surface area contributed by atoms with Gasteiger partial charge in [-0.15, -0.1) is 0 Å². The molecule has 1 aromatic heterocycles. The lowest BCUT2D eigenvalue weighted by Crippen LogP contribution is -2.38. The summed E-state index contributed by atoms with van der Waals surface area (Å²) in [6.07, 6.45) is 9.45. The van der Waals surface area contributed by atoms with Crippen LogP contribution in [0.4, 0.5) is 5.82 Å². The molecule has 0 aliphatic heterocycles. The molecule has 0 aromatic carbocycles. The summed E-state index contributed by atoms with van der Waals surface area (Å²) in [5.41, 5.74) is 0.643. The Bertz CT molecular complexity index is 441. The number of nitrogens with one attached hydrogen (secondary N) is 2. The molecule has 1 fully saturated rings. The molecule has 1 aromatic rings. The van der Waals surface area contributed by atoms with Crippen molar-refractivity contribution in [3.63, 3.8) is 0 Å². The number of hydrogen-bond donors (Lipinski definition) is 2. The van der Waals surface area contributed by atoms with Gasteiger partial charge in [-0.3, -0.25) is 4.79 Å². The van der Waals surface area contributed by atoms with Crippen LogP contribution in [0.25, 0.3) is 0 Å². The largest absolute Gasteiger partial charge is 0.370 e. The third-order valence-corrected chi connectivity index (χ3v) is 5.06. The van der Waals surface area contributed by atoms with Crippen LogP contribution in [0.1, 0.15) is 49.4 Å². The monoisotopic (exact) mass is 307 g/mol. The topological polar surface area (TPSA) is 54.0 Å². The van der Waals surface area contributed by atoms with E-state index in [1.54, 1.807) is 6.20 Å². The molecule has 4 nitrogen and oxygen atoms in total. The standard InChI is InChI=1S/C16H25N3OS/c1-3-10-17-15-9-4-12(11-18-15)16(20)19-13-5-7-14(21-2)8-6-13/h4,9,11,13-14H,3,5-8,10H2,1-2H3,(H,17,18)(H,19,20). The van der Waals surface area contributed by atoms with Crippen LogP contribution >= 0.6 is 11.8 Å². The maximum atomic E-state index is 12.2. The van der Waals surface area contributed by atoms with E-state index in [4.69, 9.17) is 0 Å². The van der Waals surface area contributed by atoms with Gasteiger partial charge in [-0.2, -0.15) is 11.8 Å². The van der Waals surface area contributed by atoms with Crippen LogP contribution in [0.15, 0.2) is 18.3 Å². The molecule has 21 heavy (non-hydrogen) atoms. The highest BCUT2D eigenvalue weighted by atomic mass is 32.2. The van der Waals surface area contributed by atoms with Crippen molar-refractivity contribution in [3.8, 4) is 0 Å². The van der Waals surface area contributed by atoms with Crippen LogP contribution in [0, 0.1) is 0 Å². The van der Waals surface area contributed by atoms with Gasteiger partial charge in [0.15, 0.2) is 0 Å². The Morgan fingerprint density at radius 1 is 1.33 bits per heavy atom. The van der Waals surface area contributed by atoms with E-state index in [9.17, 15) is 4.79 Å². The van der Waals surface area contributed by atoms with Crippen molar-refractivity contribution in [1.29, 1.82) is 0 Å². The molecule has 0 saturated heterocycles. The molecule has 5 heteroatoms. The Kier molecular flexibility index (Phi) is 6.36. The fourth-order valence-corrected chi connectivity index (χ4v) is 3.34. The Morgan fingerprint density at radius 3 is 2.67 bits per heavy atom. The van der Waals surface area contributed by atoms with Crippen molar-refractivity contribution in [1.82, 2.24) is 10.3 Å². The molecule has 0 atom stereocenters. The van der Waals surface area contributed by atoms with E-state index in [1.165, 1.54) is 12.8 Å². The predicted octanol–water partition coefficient (Wildman–Crippen LogP) is 3.31. The Morgan fingerprint density at radius 2 is 2.10 bits per heavy atom. The minimum Gasteiger partial charge on any atom is -0.370 e. The van der Waals surface area contributed by atoms with Crippen molar-refractivity contribution < 1.29 is 4.79 Å². The molecule has 1 aliphatic rings. The predicted molar refractivity (Wildman–Crippen MR) is 90.0 cm³/mol. The summed E-state index contributed by atoms with van der Waals surface area (Å²) in [6.45, 7) is 3.01. The van der Waals surface area contributed by atoms with Crippen molar-refractivity contribution >= 4 is 23.5 Å². The molecule has 1 aliphatic carbocycles. The minimum atomic E-state index is -0.00265. The number of pyridine rings is 1. The van der Waals surface area contributed by atoms with Crippen molar-refractivity contribution in [2.45, 2.75) is 50.3 Å². The normalized spacial score (nSPS) is 21.8. The average molecular weight is 307 g/mol. The van der Waals surface area contributed by atoms with Crippen LogP contribution in [0.5, 0.6) is 0 Å². The first-order valence-electron chi connectivity index (χ1n) is 7.76. The number of thioether (sulfide) groups is 1. The summed E-state index contributed by atoms with van der Waals surface area (Å²) in [6, 6.07) is 4.03. The number of anilines is 1. The van der Waals surface area contributed by atoms with Gasteiger partial charge in [0.05, 0.1) is 5.56 Å². The molecule has 1 heterocycles. The minimum absolute atomic E-state index is 0.00265. The molecule has 116 valence electrons. The highest BCUT2D eigenvalue weighted by Crippen LogP contribution is 2.26. The smallest absolute Gasteiger partial charge is 0.253 e. The van der Waals surface area contributed by atoms with Crippen LogP contribution in [-0.2, 0) is 0 Å². The molecular weight excluding hydrogens is 282 g/mol. The molecule has 0 bridgehead atoms. The van der Waals surface area contributed by atoms with E-state index in [1.807, 2.05) is 23.9 Å². The van der Waals surface area contributed by atoms with Gasteiger partial charge in [-0.25, -0.2) is 4.98 Å². The summed E-state index contributed by atoms with van der Waals surface area (Å²) in [5, 5.41) is 7.11. The number of hydrogen-bond acceptors (Lipinski definition) is 4. The fraction of sp³-hybridized carbons (Fsp3) is 0.625. The van der Waals surface area contributed by atoms with Crippen LogP contribution in [0.2, 0.25) is 0 Å². The average Bonchev–Trinajstić information content (AvgIpc) is 2.54. The zero-order valence-corrected chi connectivity index (χ0v) is 13.7. The fourth-order valence-electron chi connectivity index (χ4n) is 2.60. The second-order valence-corrected chi connectivity index (χ2v) is 6.68. The number of nitrogens with zero attached hydrogens (tertiary/aromatic N) is 1. The van der Waals surface area contributed by atoms with Crippen LogP contribution in [-0.4, -0.2) is 35.0 Å². The van der Waals surface area contributed by atoms with Crippen molar-refractivity contribution in [3.05, 3.63) is 23.9 Å². The quantitative estimate of drug-likeness (QED) is 0.846. The summed E-state index contributed by atoms with van der Waals surface area (Å²) in [5.74, 6) is 0.825. The number of rotatable bonds is 6. The SMILES string of the molecule is CCCNc1ccc(C(=O)NC2CCC(SC)CC2)cn1. The zero-order chi connectivity index (χ0) is 15.1. The van der Waals surface area contributed by atoms with Gasteiger partial charge in [0.1, 0.15) is 5.82 Å². The van der Waals surface area contributed by atoms with Gasteiger partial charge >= 0.3 is 0 Å². The van der Waals surface area contributed by atoms with Crippen molar-refractivity contribution in [2.75, 3.05) is 18.1 Å². The molecule has 0 unspecified atom stereocenters. The van der Waals surface area contributed by atoms with E-state index in [0.717, 1.165) is 36.9 Å². The molecular formula is C16H25N3OS. The van der Waals surface area contributed by atoms with Gasteiger partial charge in [-0.05, 0) is 50.5 Å². The Labute approximate surface area is 131 Å². The molecule has 0 spiro atoms. The maximum Gasteiger partial charge on any atom is 0.253 e. The number of amides is 1. The lowest BCUT2D eigenvalue weighted by Gasteiger charge is -2.28. The third-order valence-electron chi connectivity index (χ3n) is 3.92. The van der Waals surface area contributed by atoms with Gasteiger partial charge in [0.25, 0.3) is 5.91 Å². The molecule has 0 radical (unpaired) electrons. The van der Waals surface area contributed by atoms with Gasteiger partial charge in [-0.1, -0.05) is 6.92 Å². The van der Waals surface area contributed by atoms with Crippen molar-refractivity contribution in [2.24, 2.45) is 0 Å². The van der Waals surface area contributed by atoms with Crippen LogP contribution in [0.3, 0.4) is 0 Å². The summed E-state index contributed by atoms with van der Waals surface area (Å²) >= 11 is 1.94. The lowest BCUT2D eigenvalue weighted by molar-refractivity contribution is 0.0928. The van der Waals surface area contributed by atoms with E-state index < -0.39 is 0 Å². The first kappa shape index (κ1) is 16.1. The van der Waals surface area contributed by atoms with Gasteiger partial charge < -0.3 is 10.6 Å². The van der Waals surface area contributed by atoms with E-state index in [0.29, 0.717) is 11.6 Å². The number of carbonyl (C=O) groups excluding carboxylic acids is 1. The summed E-state index contributed by atoms with van der Waals surface area (Å²) in [7, 11) is 0. The lowest BCUT2D eigenvalue weighted by atomic mass is 9.95. The maximum absolute atomic E-state index is 12.2. The first-order valence-corrected chi connectivity index (χ1v) is 9.05. The molecule has 1 amide bonds. The van der Waals surface area contributed by atoms with Gasteiger partial charge in [0.2, 0.25) is 0 Å². The summed E-state index contributed by atoms with van der Waals surface area (Å²) in [4.78, 5) is 16.5. The molecule has 1 saturated carbocycles. The van der Waals surface area contributed by atoms with E-state index in [2.05, 4.69) is 28.8 Å². The number of aromatic nitrogens is 1. The second-order valence-electron chi connectivity index (χ2n) is 5.54. The molecule has 2 rings (SSSR count). The van der Waals surface area contributed by atoms with E-state index >= 15 is 0 Å². The number of carbonyl (C=O) groups is 1.